The zero-order chi connectivity index (χ0) is 22.2. The number of hydrogen-bond acceptors (Lipinski definition) is 2. The van der Waals surface area contributed by atoms with E-state index in [9.17, 15) is 4.79 Å². The first-order valence-electron chi connectivity index (χ1n) is 11.3. The minimum atomic E-state index is -0.109. The molecule has 32 heavy (non-hydrogen) atoms. The second-order valence-electron chi connectivity index (χ2n) is 9.08. The SMILES string of the molecule is CC1CC(c2cccc(Cl)c2)C(c2ccc(Cl)cc2)N([C@@H](c2ccccn2)C2CC2)C1=O. The Morgan fingerprint density at radius 3 is 2.38 bits per heavy atom. The van der Waals surface area contributed by atoms with Gasteiger partial charge in [0.2, 0.25) is 5.91 Å². The average Bonchev–Trinajstić information content (AvgIpc) is 3.63. The van der Waals surface area contributed by atoms with Crippen molar-refractivity contribution in [1.82, 2.24) is 9.88 Å². The van der Waals surface area contributed by atoms with Gasteiger partial charge in [0.1, 0.15) is 0 Å². The summed E-state index contributed by atoms with van der Waals surface area (Å²) in [6, 6.07) is 21.9. The van der Waals surface area contributed by atoms with Crippen molar-refractivity contribution in [2.24, 2.45) is 11.8 Å². The van der Waals surface area contributed by atoms with Gasteiger partial charge in [0.15, 0.2) is 0 Å². The number of benzene rings is 2. The van der Waals surface area contributed by atoms with E-state index in [4.69, 9.17) is 28.2 Å². The van der Waals surface area contributed by atoms with Crippen LogP contribution in [0.25, 0.3) is 0 Å². The molecule has 2 heterocycles. The van der Waals surface area contributed by atoms with Crippen LogP contribution in [-0.2, 0) is 4.79 Å². The highest BCUT2D eigenvalue weighted by molar-refractivity contribution is 6.30. The molecule has 5 heteroatoms. The molecule has 1 aliphatic heterocycles. The molecule has 2 fully saturated rings. The largest absolute Gasteiger partial charge is 0.326 e. The average molecular weight is 465 g/mol. The van der Waals surface area contributed by atoms with Crippen LogP contribution in [0.5, 0.6) is 0 Å². The van der Waals surface area contributed by atoms with Gasteiger partial charge in [-0.15, -0.1) is 0 Å². The second-order valence-corrected chi connectivity index (χ2v) is 9.95. The molecule has 0 N–H and O–H groups in total. The Hall–Kier alpha value is -2.36. The maximum atomic E-state index is 13.8. The maximum Gasteiger partial charge on any atom is 0.226 e. The summed E-state index contributed by atoms with van der Waals surface area (Å²) in [6.07, 6.45) is 4.85. The predicted molar refractivity (Wildman–Crippen MR) is 129 cm³/mol. The van der Waals surface area contributed by atoms with Gasteiger partial charge in [-0.05, 0) is 72.7 Å². The molecule has 3 aromatic rings. The van der Waals surface area contributed by atoms with Crippen LogP contribution in [0.1, 0.15) is 61.0 Å². The number of amides is 1. The van der Waals surface area contributed by atoms with Crippen LogP contribution in [0.15, 0.2) is 72.9 Å². The van der Waals surface area contributed by atoms with Crippen LogP contribution in [-0.4, -0.2) is 15.8 Å². The number of carbonyl (C=O) groups excluding carboxylic acids is 1. The molecule has 1 saturated heterocycles. The number of nitrogens with zero attached hydrogens (tertiary/aromatic N) is 2. The molecule has 1 aliphatic carbocycles. The molecule has 164 valence electrons. The molecule has 1 amide bonds. The summed E-state index contributed by atoms with van der Waals surface area (Å²) in [4.78, 5) is 20.6. The molecule has 1 aromatic heterocycles. The van der Waals surface area contributed by atoms with Crippen molar-refractivity contribution in [3.8, 4) is 0 Å². The molecular formula is C27H26Cl2N2O. The van der Waals surface area contributed by atoms with Crippen LogP contribution in [0.2, 0.25) is 10.0 Å². The summed E-state index contributed by atoms with van der Waals surface area (Å²) >= 11 is 12.6. The normalized spacial score (nSPS) is 24.4. The predicted octanol–water partition coefficient (Wildman–Crippen LogP) is 7.23. The number of carbonyl (C=O) groups is 1. The highest BCUT2D eigenvalue weighted by Crippen LogP contribution is 2.53. The van der Waals surface area contributed by atoms with Crippen molar-refractivity contribution in [3.05, 3.63) is 99.8 Å². The topological polar surface area (TPSA) is 33.2 Å². The first-order valence-corrected chi connectivity index (χ1v) is 12.0. The Kier molecular flexibility index (Phi) is 5.96. The molecule has 4 atom stereocenters. The number of rotatable bonds is 5. The molecule has 2 aliphatic rings. The molecule has 5 rings (SSSR count). The van der Waals surface area contributed by atoms with Gasteiger partial charge < -0.3 is 4.90 Å². The van der Waals surface area contributed by atoms with Crippen molar-refractivity contribution in [2.75, 3.05) is 0 Å². The van der Waals surface area contributed by atoms with Gasteiger partial charge in [0.05, 0.1) is 17.8 Å². The fourth-order valence-corrected chi connectivity index (χ4v) is 5.51. The van der Waals surface area contributed by atoms with Gasteiger partial charge in [-0.2, -0.15) is 0 Å². The molecule has 3 nitrogen and oxygen atoms in total. The van der Waals surface area contributed by atoms with Gasteiger partial charge in [0.25, 0.3) is 0 Å². The lowest BCUT2D eigenvalue weighted by Crippen LogP contribution is -2.48. The van der Waals surface area contributed by atoms with E-state index in [-0.39, 0.29) is 29.8 Å². The third-order valence-electron chi connectivity index (χ3n) is 6.81. The van der Waals surface area contributed by atoms with Crippen molar-refractivity contribution in [3.63, 3.8) is 0 Å². The van der Waals surface area contributed by atoms with E-state index in [1.807, 2.05) is 55.6 Å². The Morgan fingerprint density at radius 1 is 0.938 bits per heavy atom. The fourth-order valence-electron chi connectivity index (χ4n) is 5.19. The number of aromatic nitrogens is 1. The summed E-state index contributed by atoms with van der Waals surface area (Å²) in [5.41, 5.74) is 3.24. The monoisotopic (exact) mass is 464 g/mol. The van der Waals surface area contributed by atoms with Crippen molar-refractivity contribution < 1.29 is 4.79 Å². The van der Waals surface area contributed by atoms with E-state index in [2.05, 4.69) is 29.2 Å². The minimum Gasteiger partial charge on any atom is -0.326 e. The van der Waals surface area contributed by atoms with Gasteiger partial charge in [-0.1, -0.05) is 60.5 Å². The number of likely N-dealkylation sites (tertiary alicyclic amines) is 1. The molecule has 1 saturated carbocycles. The lowest BCUT2D eigenvalue weighted by atomic mass is 9.75. The molecule has 0 bridgehead atoms. The Morgan fingerprint density at radius 2 is 1.72 bits per heavy atom. The van der Waals surface area contributed by atoms with E-state index in [0.717, 1.165) is 41.1 Å². The molecular weight excluding hydrogens is 439 g/mol. The van der Waals surface area contributed by atoms with Crippen LogP contribution in [0.4, 0.5) is 0 Å². The maximum absolute atomic E-state index is 13.8. The van der Waals surface area contributed by atoms with E-state index in [1.54, 1.807) is 0 Å². The summed E-state index contributed by atoms with van der Waals surface area (Å²) in [5, 5.41) is 1.41. The smallest absolute Gasteiger partial charge is 0.226 e. The standard InChI is InChI=1S/C27H26Cl2N2O/c1-17-15-23(20-5-4-6-22(29)16-20)25(18-10-12-21(28)13-11-18)31(27(17)32)26(19-8-9-19)24-7-2-3-14-30-24/h2-7,10-14,16-17,19,23,25-26H,8-9,15H2,1H3/t17?,23?,25?,26-/m1/s1. The zero-order valence-corrected chi connectivity index (χ0v) is 19.5. The van der Waals surface area contributed by atoms with Gasteiger partial charge in [0, 0.05) is 28.1 Å². The molecule has 2 aromatic carbocycles. The third-order valence-corrected chi connectivity index (χ3v) is 7.30. The summed E-state index contributed by atoms with van der Waals surface area (Å²) < 4.78 is 0. The van der Waals surface area contributed by atoms with E-state index < -0.39 is 0 Å². The summed E-state index contributed by atoms with van der Waals surface area (Å²) in [6.45, 7) is 2.05. The van der Waals surface area contributed by atoms with Crippen LogP contribution >= 0.6 is 23.2 Å². The minimum absolute atomic E-state index is 0.0335. The summed E-state index contributed by atoms with van der Waals surface area (Å²) in [7, 11) is 0. The van der Waals surface area contributed by atoms with E-state index in [1.165, 1.54) is 0 Å². The van der Waals surface area contributed by atoms with Gasteiger partial charge >= 0.3 is 0 Å². The lowest BCUT2D eigenvalue weighted by molar-refractivity contribution is -0.147. The number of piperidine rings is 1. The number of pyridine rings is 1. The molecule has 0 radical (unpaired) electrons. The van der Waals surface area contributed by atoms with Crippen molar-refractivity contribution in [2.45, 2.75) is 44.2 Å². The Labute approximate surface area is 199 Å². The fraction of sp³-hybridized carbons (Fsp3) is 0.333. The first kappa shape index (κ1) is 21.5. The summed E-state index contributed by atoms with van der Waals surface area (Å²) in [5.74, 6) is 0.694. The first-order chi connectivity index (χ1) is 15.5. The Bertz CT molecular complexity index is 1100. The highest BCUT2D eigenvalue weighted by atomic mass is 35.5. The van der Waals surface area contributed by atoms with Gasteiger partial charge in [-0.3, -0.25) is 9.78 Å². The molecule has 3 unspecified atom stereocenters. The van der Waals surface area contributed by atoms with Crippen LogP contribution in [0.3, 0.4) is 0 Å². The number of hydrogen-bond donors (Lipinski definition) is 0. The van der Waals surface area contributed by atoms with Gasteiger partial charge in [-0.25, -0.2) is 0 Å². The second kappa shape index (κ2) is 8.88. The zero-order valence-electron chi connectivity index (χ0n) is 18.0. The lowest BCUT2D eigenvalue weighted by Gasteiger charge is -2.48. The Balaban J connectivity index is 1.67. The van der Waals surface area contributed by atoms with E-state index >= 15 is 0 Å². The van der Waals surface area contributed by atoms with Crippen molar-refractivity contribution >= 4 is 29.1 Å². The molecule has 0 spiro atoms. The van der Waals surface area contributed by atoms with E-state index in [0.29, 0.717) is 10.9 Å². The van der Waals surface area contributed by atoms with Crippen molar-refractivity contribution in [1.29, 1.82) is 0 Å². The number of halogens is 2. The third kappa shape index (κ3) is 4.16. The van der Waals surface area contributed by atoms with Crippen LogP contribution in [0, 0.1) is 11.8 Å². The van der Waals surface area contributed by atoms with Crippen LogP contribution < -0.4 is 0 Å². The highest BCUT2D eigenvalue weighted by Gasteiger charge is 2.49. The quantitative estimate of drug-likeness (QED) is 0.398.